The van der Waals surface area contributed by atoms with E-state index in [4.69, 9.17) is 0 Å². The zero-order valence-corrected chi connectivity index (χ0v) is 18.5. The third-order valence-corrected chi connectivity index (χ3v) is 5.82. The highest BCUT2D eigenvalue weighted by Crippen LogP contribution is 2.19. The Bertz CT molecular complexity index is 445. The fourth-order valence-electron chi connectivity index (χ4n) is 4.00. The number of amides is 2. The molecule has 170 valence electrons. The lowest BCUT2D eigenvalue weighted by molar-refractivity contribution is -0.133. The molecule has 0 spiro atoms. The fraction of sp³-hybridized carbons (Fsp3) is 0.913. The van der Waals surface area contributed by atoms with Crippen molar-refractivity contribution >= 4 is 11.8 Å². The van der Waals surface area contributed by atoms with Gasteiger partial charge in [0.25, 0.3) is 0 Å². The van der Waals surface area contributed by atoms with Crippen LogP contribution in [-0.2, 0) is 9.59 Å². The van der Waals surface area contributed by atoms with Crippen LogP contribution in [-0.4, -0.2) is 58.8 Å². The lowest BCUT2D eigenvalue weighted by atomic mass is 10.1. The molecule has 0 radical (unpaired) electrons. The maximum absolute atomic E-state index is 12.2. The molecule has 1 aliphatic rings. The number of nitrogens with zero attached hydrogens (tertiary/aromatic N) is 1. The number of rotatable bonds is 17. The van der Waals surface area contributed by atoms with Gasteiger partial charge in [-0.3, -0.25) is 9.59 Å². The van der Waals surface area contributed by atoms with Gasteiger partial charge in [-0.2, -0.15) is 0 Å². The minimum Gasteiger partial charge on any atom is -0.394 e. The molecule has 3 N–H and O–H groups in total. The molecule has 0 aromatic rings. The van der Waals surface area contributed by atoms with Crippen LogP contribution in [0.4, 0.5) is 0 Å². The molecule has 1 fully saturated rings. The number of carbonyl (C=O) groups excluding carboxylic acids is 2. The van der Waals surface area contributed by atoms with Gasteiger partial charge in [-0.25, -0.2) is 0 Å². The van der Waals surface area contributed by atoms with Crippen LogP contribution in [0.3, 0.4) is 0 Å². The second-order valence-corrected chi connectivity index (χ2v) is 8.51. The van der Waals surface area contributed by atoms with Crippen molar-refractivity contribution in [2.24, 2.45) is 0 Å². The van der Waals surface area contributed by atoms with E-state index in [1.807, 2.05) is 0 Å². The molecule has 0 aliphatic carbocycles. The van der Waals surface area contributed by atoms with Gasteiger partial charge in [0.2, 0.25) is 11.8 Å². The lowest BCUT2D eigenvalue weighted by Crippen LogP contribution is -2.37. The van der Waals surface area contributed by atoms with Crippen molar-refractivity contribution < 1.29 is 19.8 Å². The Hall–Kier alpha value is -1.14. The molecule has 0 saturated carbocycles. The Morgan fingerprint density at radius 2 is 1.48 bits per heavy atom. The summed E-state index contributed by atoms with van der Waals surface area (Å²) in [6.07, 6.45) is 14.9. The zero-order valence-electron chi connectivity index (χ0n) is 18.5. The number of likely N-dealkylation sites (tertiary alicyclic amines) is 1. The Morgan fingerprint density at radius 1 is 0.897 bits per heavy atom. The molecule has 2 amide bonds. The molecule has 0 aromatic carbocycles. The quantitative estimate of drug-likeness (QED) is 0.319. The van der Waals surface area contributed by atoms with Crippen molar-refractivity contribution in [1.82, 2.24) is 10.2 Å². The first-order valence-corrected chi connectivity index (χ1v) is 11.9. The molecular weight excluding hydrogens is 368 g/mol. The summed E-state index contributed by atoms with van der Waals surface area (Å²) in [4.78, 5) is 25.6. The molecule has 1 rings (SSSR count). The molecular formula is C23H44N2O4. The first kappa shape index (κ1) is 25.9. The summed E-state index contributed by atoms with van der Waals surface area (Å²) in [7, 11) is 0. The summed E-state index contributed by atoms with van der Waals surface area (Å²) in [6.45, 7) is 3.15. The topological polar surface area (TPSA) is 89.9 Å². The standard InChI is InChI=1S/C23H44N2O4/c1-2-3-4-5-6-7-8-9-11-14-22(28)24-16-13-10-12-15-23(29)25-18-21(27)17-20(25)19-26/h20-21,26-27H,2-19H2,1H3,(H,24,28)/t20-,21+/m0/s1. The first-order chi connectivity index (χ1) is 14.1. The van der Waals surface area contributed by atoms with E-state index in [0.717, 1.165) is 32.1 Å². The van der Waals surface area contributed by atoms with Crippen LogP contribution in [0.5, 0.6) is 0 Å². The number of carbonyl (C=O) groups is 2. The van der Waals surface area contributed by atoms with Gasteiger partial charge in [0.1, 0.15) is 0 Å². The predicted octanol–water partition coefficient (Wildman–Crippen LogP) is 3.54. The van der Waals surface area contributed by atoms with Crippen LogP contribution >= 0.6 is 0 Å². The molecule has 1 aliphatic heterocycles. The Labute approximate surface area is 177 Å². The highest BCUT2D eigenvalue weighted by molar-refractivity contribution is 5.77. The van der Waals surface area contributed by atoms with E-state index in [9.17, 15) is 19.8 Å². The third kappa shape index (κ3) is 12.2. The molecule has 0 unspecified atom stereocenters. The van der Waals surface area contributed by atoms with Gasteiger partial charge in [-0.05, 0) is 25.7 Å². The van der Waals surface area contributed by atoms with Crippen molar-refractivity contribution in [3.8, 4) is 0 Å². The zero-order chi connectivity index (χ0) is 21.3. The minimum atomic E-state index is -0.517. The van der Waals surface area contributed by atoms with E-state index < -0.39 is 6.10 Å². The first-order valence-electron chi connectivity index (χ1n) is 11.9. The van der Waals surface area contributed by atoms with E-state index in [2.05, 4.69) is 12.2 Å². The monoisotopic (exact) mass is 412 g/mol. The van der Waals surface area contributed by atoms with E-state index >= 15 is 0 Å². The van der Waals surface area contributed by atoms with Crippen LogP contribution in [0.1, 0.15) is 103 Å². The summed E-state index contributed by atoms with van der Waals surface area (Å²) in [5, 5.41) is 21.9. The largest absolute Gasteiger partial charge is 0.394 e. The van der Waals surface area contributed by atoms with E-state index in [1.165, 1.54) is 44.9 Å². The van der Waals surface area contributed by atoms with E-state index in [0.29, 0.717) is 32.4 Å². The van der Waals surface area contributed by atoms with Crippen molar-refractivity contribution in [3.63, 3.8) is 0 Å². The molecule has 0 bridgehead atoms. The normalized spacial score (nSPS) is 18.9. The van der Waals surface area contributed by atoms with Crippen LogP contribution in [0.2, 0.25) is 0 Å². The number of nitrogens with one attached hydrogen (secondary N) is 1. The van der Waals surface area contributed by atoms with Gasteiger partial charge < -0.3 is 20.4 Å². The Morgan fingerprint density at radius 3 is 2.14 bits per heavy atom. The molecule has 1 saturated heterocycles. The van der Waals surface area contributed by atoms with Crippen LogP contribution in [0.15, 0.2) is 0 Å². The lowest BCUT2D eigenvalue weighted by Gasteiger charge is -2.22. The SMILES string of the molecule is CCCCCCCCCCCC(=O)NCCCCCC(=O)N1C[C@H](O)C[C@H]1CO. The Balaban J connectivity index is 1.90. The van der Waals surface area contributed by atoms with Crippen LogP contribution in [0.25, 0.3) is 0 Å². The number of hydrogen-bond acceptors (Lipinski definition) is 4. The van der Waals surface area contributed by atoms with Crippen molar-refractivity contribution in [3.05, 3.63) is 0 Å². The third-order valence-electron chi connectivity index (χ3n) is 5.82. The average molecular weight is 413 g/mol. The van der Waals surface area contributed by atoms with Gasteiger partial charge in [-0.15, -0.1) is 0 Å². The second kappa shape index (κ2) is 16.6. The van der Waals surface area contributed by atoms with Gasteiger partial charge in [0.15, 0.2) is 0 Å². The molecule has 0 aromatic heterocycles. The smallest absolute Gasteiger partial charge is 0.222 e. The molecule has 6 nitrogen and oxygen atoms in total. The van der Waals surface area contributed by atoms with Crippen LogP contribution < -0.4 is 5.32 Å². The van der Waals surface area contributed by atoms with Crippen LogP contribution in [0, 0.1) is 0 Å². The van der Waals surface area contributed by atoms with Gasteiger partial charge >= 0.3 is 0 Å². The molecule has 2 atom stereocenters. The van der Waals surface area contributed by atoms with Gasteiger partial charge in [0, 0.05) is 25.9 Å². The summed E-state index contributed by atoms with van der Waals surface area (Å²) in [5.74, 6) is 0.149. The summed E-state index contributed by atoms with van der Waals surface area (Å²) >= 11 is 0. The summed E-state index contributed by atoms with van der Waals surface area (Å²) < 4.78 is 0. The number of aliphatic hydroxyl groups is 2. The second-order valence-electron chi connectivity index (χ2n) is 8.51. The maximum Gasteiger partial charge on any atom is 0.222 e. The minimum absolute atomic E-state index is 0.00926. The number of hydrogen-bond donors (Lipinski definition) is 3. The highest BCUT2D eigenvalue weighted by atomic mass is 16.3. The van der Waals surface area contributed by atoms with Gasteiger partial charge in [0.05, 0.1) is 18.8 Å². The van der Waals surface area contributed by atoms with Crippen molar-refractivity contribution in [2.75, 3.05) is 19.7 Å². The number of β-amino-alcohol motifs (C(OH)–C–C–N with tert-alkyl or cyclic N) is 1. The molecule has 29 heavy (non-hydrogen) atoms. The Kier molecular flexibility index (Phi) is 14.9. The maximum atomic E-state index is 12.2. The van der Waals surface area contributed by atoms with Crippen molar-refractivity contribution in [2.45, 2.75) is 115 Å². The number of aliphatic hydroxyl groups excluding tert-OH is 2. The summed E-state index contributed by atoms with van der Waals surface area (Å²) in [6, 6.07) is -0.238. The fourth-order valence-corrected chi connectivity index (χ4v) is 4.00. The number of unbranched alkanes of at least 4 members (excludes halogenated alkanes) is 10. The molecule has 1 heterocycles. The summed E-state index contributed by atoms with van der Waals surface area (Å²) in [5.41, 5.74) is 0. The average Bonchev–Trinajstić information content (AvgIpc) is 3.10. The van der Waals surface area contributed by atoms with E-state index in [-0.39, 0.29) is 24.5 Å². The molecule has 6 heteroatoms. The highest BCUT2D eigenvalue weighted by Gasteiger charge is 2.33. The van der Waals surface area contributed by atoms with E-state index in [1.54, 1.807) is 4.90 Å². The van der Waals surface area contributed by atoms with Gasteiger partial charge in [-0.1, -0.05) is 64.7 Å². The van der Waals surface area contributed by atoms with Crippen molar-refractivity contribution in [1.29, 1.82) is 0 Å². The predicted molar refractivity (Wildman–Crippen MR) is 117 cm³/mol.